The maximum absolute atomic E-state index is 12.0. The number of aliphatic hydroxyl groups is 1. The van der Waals surface area contributed by atoms with Gasteiger partial charge in [0, 0.05) is 26.2 Å². The van der Waals surface area contributed by atoms with Gasteiger partial charge in [-0.25, -0.2) is 9.59 Å². The van der Waals surface area contributed by atoms with Crippen molar-refractivity contribution in [1.82, 2.24) is 15.1 Å². The second-order valence-corrected chi connectivity index (χ2v) is 4.65. The zero-order valence-corrected chi connectivity index (χ0v) is 11.3. The largest absolute Gasteiger partial charge is 0.480 e. The number of nitrogens with one attached hydrogen (secondary N) is 1. The molecular weight excluding hydrogens is 250 g/mol. The van der Waals surface area contributed by atoms with Crippen molar-refractivity contribution in [2.45, 2.75) is 25.8 Å². The van der Waals surface area contributed by atoms with Gasteiger partial charge in [0.25, 0.3) is 0 Å². The molecule has 0 aromatic heterocycles. The standard InChI is InChI=1S/C12H23N3O4/c1-2-10(11(17)18)13-12(19)15-5-3-4-14(6-7-15)8-9-16/h10,16H,2-9H2,1H3,(H,13,19)(H,17,18). The Hall–Kier alpha value is -1.34. The van der Waals surface area contributed by atoms with Gasteiger partial charge < -0.3 is 20.4 Å². The molecule has 7 heteroatoms. The van der Waals surface area contributed by atoms with Gasteiger partial charge in [-0.15, -0.1) is 0 Å². The molecule has 110 valence electrons. The quantitative estimate of drug-likeness (QED) is 0.631. The fraction of sp³-hybridized carbons (Fsp3) is 0.833. The first kappa shape index (κ1) is 15.7. The van der Waals surface area contributed by atoms with E-state index in [9.17, 15) is 9.59 Å². The highest BCUT2D eigenvalue weighted by Crippen LogP contribution is 2.04. The number of hydrogen-bond acceptors (Lipinski definition) is 4. The van der Waals surface area contributed by atoms with Crippen molar-refractivity contribution < 1.29 is 19.8 Å². The molecule has 0 aromatic carbocycles. The fourth-order valence-corrected chi connectivity index (χ4v) is 2.12. The van der Waals surface area contributed by atoms with Crippen molar-refractivity contribution in [2.24, 2.45) is 0 Å². The fourth-order valence-electron chi connectivity index (χ4n) is 2.12. The molecule has 1 atom stereocenters. The Morgan fingerprint density at radius 2 is 2.00 bits per heavy atom. The van der Waals surface area contributed by atoms with E-state index in [4.69, 9.17) is 10.2 Å². The van der Waals surface area contributed by atoms with Crippen molar-refractivity contribution in [1.29, 1.82) is 0 Å². The second kappa shape index (κ2) is 7.96. The van der Waals surface area contributed by atoms with Crippen molar-refractivity contribution in [3.8, 4) is 0 Å². The third kappa shape index (κ3) is 5.04. The maximum Gasteiger partial charge on any atom is 0.326 e. The molecular formula is C12H23N3O4. The van der Waals surface area contributed by atoms with Crippen LogP contribution in [0.15, 0.2) is 0 Å². The van der Waals surface area contributed by atoms with E-state index in [1.54, 1.807) is 11.8 Å². The van der Waals surface area contributed by atoms with Crippen LogP contribution in [0.3, 0.4) is 0 Å². The van der Waals surface area contributed by atoms with Crippen molar-refractivity contribution in [2.75, 3.05) is 39.3 Å². The number of urea groups is 1. The van der Waals surface area contributed by atoms with E-state index >= 15 is 0 Å². The molecule has 1 aliphatic heterocycles. The van der Waals surface area contributed by atoms with E-state index in [0.29, 0.717) is 32.6 Å². The highest BCUT2D eigenvalue weighted by Gasteiger charge is 2.23. The molecule has 1 saturated heterocycles. The summed E-state index contributed by atoms with van der Waals surface area (Å²) in [5, 5.41) is 20.3. The van der Waals surface area contributed by atoms with Gasteiger partial charge in [0.15, 0.2) is 0 Å². The number of carboxylic acid groups (broad SMARTS) is 1. The Bertz CT molecular complexity index is 311. The summed E-state index contributed by atoms with van der Waals surface area (Å²) in [4.78, 5) is 26.6. The normalized spacial score (nSPS) is 18.7. The predicted octanol–water partition coefficient (Wildman–Crippen LogP) is -0.441. The summed E-state index contributed by atoms with van der Waals surface area (Å²) in [6, 6.07) is -1.15. The molecule has 1 rings (SSSR count). The van der Waals surface area contributed by atoms with Crippen LogP contribution in [0.2, 0.25) is 0 Å². The molecule has 1 heterocycles. The van der Waals surface area contributed by atoms with E-state index in [-0.39, 0.29) is 12.6 Å². The zero-order valence-electron chi connectivity index (χ0n) is 11.3. The molecule has 7 nitrogen and oxygen atoms in total. The highest BCUT2D eigenvalue weighted by atomic mass is 16.4. The van der Waals surface area contributed by atoms with Crippen LogP contribution in [0.4, 0.5) is 4.79 Å². The molecule has 0 saturated carbocycles. The number of β-amino-alcohol motifs (C(OH)–C–C–N with tert-alkyl or cyclic N) is 1. The molecule has 1 aliphatic rings. The molecule has 0 aliphatic carbocycles. The molecule has 0 radical (unpaired) electrons. The Kier molecular flexibility index (Phi) is 6.58. The number of aliphatic hydroxyl groups excluding tert-OH is 1. The summed E-state index contributed by atoms with van der Waals surface area (Å²) in [6.07, 6.45) is 1.20. The van der Waals surface area contributed by atoms with Crippen molar-refractivity contribution in [3.05, 3.63) is 0 Å². The van der Waals surface area contributed by atoms with Gasteiger partial charge in [0.05, 0.1) is 6.61 Å². The second-order valence-electron chi connectivity index (χ2n) is 4.65. The number of hydrogen-bond donors (Lipinski definition) is 3. The monoisotopic (exact) mass is 273 g/mol. The van der Waals surface area contributed by atoms with Crippen LogP contribution >= 0.6 is 0 Å². The lowest BCUT2D eigenvalue weighted by Gasteiger charge is -2.23. The first-order valence-electron chi connectivity index (χ1n) is 6.70. The minimum absolute atomic E-state index is 0.114. The molecule has 0 aromatic rings. The number of carbonyl (C=O) groups excluding carboxylic acids is 1. The van der Waals surface area contributed by atoms with Crippen molar-refractivity contribution >= 4 is 12.0 Å². The van der Waals surface area contributed by atoms with Crippen LogP contribution in [0.1, 0.15) is 19.8 Å². The van der Waals surface area contributed by atoms with E-state index in [0.717, 1.165) is 13.0 Å². The minimum Gasteiger partial charge on any atom is -0.480 e. The Labute approximate surface area is 113 Å². The third-order valence-electron chi connectivity index (χ3n) is 3.30. The number of rotatable bonds is 5. The Balaban J connectivity index is 2.46. The Morgan fingerprint density at radius 3 is 2.58 bits per heavy atom. The van der Waals surface area contributed by atoms with E-state index < -0.39 is 12.0 Å². The van der Waals surface area contributed by atoms with Crippen LogP contribution in [-0.2, 0) is 4.79 Å². The number of nitrogens with zero attached hydrogens (tertiary/aromatic N) is 2. The summed E-state index contributed by atoms with van der Waals surface area (Å²) < 4.78 is 0. The van der Waals surface area contributed by atoms with Gasteiger partial charge in [0.1, 0.15) is 6.04 Å². The highest BCUT2D eigenvalue weighted by molar-refractivity contribution is 5.82. The molecule has 1 fully saturated rings. The Morgan fingerprint density at radius 1 is 1.26 bits per heavy atom. The van der Waals surface area contributed by atoms with Crippen LogP contribution in [0.5, 0.6) is 0 Å². The van der Waals surface area contributed by atoms with Gasteiger partial charge in [-0.05, 0) is 19.4 Å². The number of carboxylic acids is 1. The molecule has 19 heavy (non-hydrogen) atoms. The van der Waals surface area contributed by atoms with Crippen LogP contribution in [0, 0.1) is 0 Å². The topological polar surface area (TPSA) is 93.1 Å². The lowest BCUT2D eigenvalue weighted by molar-refractivity contribution is -0.139. The summed E-state index contributed by atoms with van der Waals surface area (Å²) in [6.45, 7) is 5.18. The average Bonchev–Trinajstić information content (AvgIpc) is 2.61. The van der Waals surface area contributed by atoms with Gasteiger partial charge >= 0.3 is 12.0 Å². The smallest absolute Gasteiger partial charge is 0.326 e. The predicted molar refractivity (Wildman–Crippen MR) is 70.0 cm³/mol. The number of amides is 2. The zero-order chi connectivity index (χ0) is 14.3. The molecule has 3 N–H and O–H groups in total. The van der Waals surface area contributed by atoms with Gasteiger partial charge in [-0.2, -0.15) is 0 Å². The van der Waals surface area contributed by atoms with E-state index in [1.165, 1.54) is 0 Å². The summed E-state index contributed by atoms with van der Waals surface area (Å²) in [5.41, 5.74) is 0. The van der Waals surface area contributed by atoms with Crippen LogP contribution in [0.25, 0.3) is 0 Å². The van der Waals surface area contributed by atoms with E-state index in [1.807, 2.05) is 0 Å². The van der Waals surface area contributed by atoms with Gasteiger partial charge in [0.2, 0.25) is 0 Å². The average molecular weight is 273 g/mol. The van der Waals surface area contributed by atoms with E-state index in [2.05, 4.69) is 10.2 Å². The molecule has 2 amide bonds. The summed E-state index contributed by atoms with van der Waals surface area (Å²) in [7, 11) is 0. The maximum atomic E-state index is 12.0. The summed E-state index contributed by atoms with van der Waals surface area (Å²) >= 11 is 0. The van der Waals surface area contributed by atoms with Gasteiger partial charge in [-0.1, -0.05) is 6.92 Å². The third-order valence-corrected chi connectivity index (χ3v) is 3.30. The lowest BCUT2D eigenvalue weighted by Crippen LogP contribution is -2.48. The molecule has 1 unspecified atom stereocenters. The first-order valence-corrected chi connectivity index (χ1v) is 6.70. The minimum atomic E-state index is -1.01. The SMILES string of the molecule is CCC(NC(=O)N1CCCN(CCO)CC1)C(=O)O. The summed E-state index contributed by atoms with van der Waals surface area (Å²) in [5.74, 6) is -1.01. The van der Waals surface area contributed by atoms with Crippen molar-refractivity contribution in [3.63, 3.8) is 0 Å². The van der Waals surface area contributed by atoms with Crippen LogP contribution < -0.4 is 5.32 Å². The molecule has 0 spiro atoms. The number of carbonyl (C=O) groups is 2. The lowest BCUT2D eigenvalue weighted by atomic mass is 10.2. The van der Waals surface area contributed by atoms with Gasteiger partial charge in [-0.3, -0.25) is 4.90 Å². The molecule has 0 bridgehead atoms. The first-order chi connectivity index (χ1) is 9.08. The number of aliphatic carboxylic acids is 1. The van der Waals surface area contributed by atoms with Crippen LogP contribution in [-0.4, -0.2) is 77.4 Å².